The summed E-state index contributed by atoms with van der Waals surface area (Å²) >= 11 is 0. The summed E-state index contributed by atoms with van der Waals surface area (Å²) in [6, 6.07) is 3.41. The zero-order valence-corrected chi connectivity index (χ0v) is 24.7. The molecule has 0 fully saturated rings. The number of ether oxygens (including phenoxy) is 1. The number of carbonyl (C=O) groups is 4. The van der Waals surface area contributed by atoms with Gasteiger partial charge in [0.15, 0.2) is 0 Å². The molecule has 4 amide bonds. The highest BCUT2D eigenvalue weighted by molar-refractivity contribution is 5.95. The Morgan fingerprint density at radius 1 is 1.00 bits per heavy atom. The Balaban J connectivity index is 3.69. The number of nitrogens with two attached hydrogens (primary N) is 1. The van der Waals surface area contributed by atoms with Gasteiger partial charge in [-0.1, -0.05) is 44.9 Å². The highest BCUT2D eigenvalue weighted by Gasteiger charge is 2.44. The van der Waals surface area contributed by atoms with Crippen molar-refractivity contribution < 1.29 is 23.9 Å². The van der Waals surface area contributed by atoms with Gasteiger partial charge < -0.3 is 26.0 Å². The molecule has 0 saturated carbocycles. The molecule has 0 saturated heterocycles. The Labute approximate surface area is 228 Å². The van der Waals surface area contributed by atoms with Gasteiger partial charge in [0.25, 0.3) is 0 Å². The van der Waals surface area contributed by atoms with E-state index >= 15 is 0 Å². The molecule has 9 heteroatoms. The van der Waals surface area contributed by atoms with Gasteiger partial charge in [0, 0.05) is 12.1 Å². The van der Waals surface area contributed by atoms with Crippen LogP contribution in [0.1, 0.15) is 103 Å². The molecule has 0 radical (unpaired) electrons. The van der Waals surface area contributed by atoms with Gasteiger partial charge in [0.2, 0.25) is 17.7 Å². The van der Waals surface area contributed by atoms with Crippen LogP contribution in [0.3, 0.4) is 0 Å². The predicted octanol–water partition coefficient (Wildman–Crippen LogP) is 4.44. The number of amides is 4. The molecule has 0 aliphatic heterocycles. The summed E-state index contributed by atoms with van der Waals surface area (Å²) in [4.78, 5) is 54.3. The maximum absolute atomic E-state index is 14.3. The number of nitrogens with one attached hydrogen (secondary N) is 2. The Morgan fingerprint density at radius 2 is 1.58 bits per heavy atom. The van der Waals surface area contributed by atoms with Crippen molar-refractivity contribution in [3.8, 4) is 0 Å². The summed E-state index contributed by atoms with van der Waals surface area (Å²) in [5.41, 5.74) is 6.28. The van der Waals surface area contributed by atoms with Crippen LogP contribution in [0.15, 0.2) is 18.2 Å². The Bertz CT molecular complexity index is 963. The first-order chi connectivity index (χ1) is 17.6. The first kappa shape index (κ1) is 32.9. The zero-order chi connectivity index (χ0) is 29.3. The van der Waals surface area contributed by atoms with E-state index in [0.29, 0.717) is 18.5 Å². The minimum absolute atomic E-state index is 0.316. The van der Waals surface area contributed by atoms with Crippen molar-refractivity contribution in [2.24, 2.45) is 5.73 Å². The number of rotatable bonds is 13. The van der Waals surface area contributed by atoms with Gasteiger partial charge in [-0.2, -0.15) is 0 Å². The van der Waals surface area contributed by atoms with Crippen LogP contribution in [0.5, 0.6) is 0 Å². The lowest BCUT2D eigenvalue weighted by Gasteiger charge is -2.45. The van der Waals surface area contributed by atoms with Gasteiger partial charge in [0.05, 0.1) is 6.42 Å². The van der Waals surface area contributed by atoms with E-state index in [1.165, 1.54) is 4.90 Å². The highest BCUT2D eigenvalue weighted by atomic mass is 16.6. The Morgan fingerprint density at radius 3 is 2.05 bits per heavy atom. The van der Waals surface area contributed by atoms with Crippen LogP contribution in [0.4, 0.5) is 4.79 Å². The molecule has 0 spiro atoms. The fourth-order valence-corrected chi connectivity index (χ4v) is 4.28. The van der Waals surface area contributed by atoms with Crippen LogP contribution in [0.25, 0.3) is 0 Å². The number of nitrogens with zero attached hydrogens (tertiary/aromatic N) is 1. The van der Waals surface area contributed by atoms with Gasteiger partial charge >= 0.3 is 6.09 Å². The number of hydrogen-bond acceptors (Lipinski definition) is 5. The molecule has 1 aromatic carbocycles. The average molecular weight is 533 g/mol. The van der Waals surface area contributed by atoms with Crippen molar-refractivity contribution >= 4 is 23.8 Å². The van der Waals surface area contributed by atoms with E-state index in [9.17, 15) is 19.2 Å². The van der Waals surface area contributed by atoms with Crippen molar-refractivity contribution in [3.63, 3.8) is 0 Å². The smallest absolute Gasteiger partial charge is 0.408 e. The second-order valence-electron chi connectivity index (χ2n) is 11.4. The van der Waals surface area contributed by atoms with E-state index in [0.717, 1.165) is 30.4 Å². The predicted molar refractivity (Wildman–Crippen MR) is 149 cm³/mol. The molecular weight excluding hydrogens is 484 g/mol. The molecule has 2 atom stereocenters. The number of hydrogen-bond donors (Lipinski definition) is 3. The number of unbranched alkanes of at least 4 members (excludes halogenated alkanes) is 2. The molecule has 2 unspecified atom stereocenters. The Kier molecular flexibility index (Phi) is 12.3. The van der Waals surface area contributed by atoms with Crippen molar-refractivity contribution in [2.75, 3.05) is 6.54 Å². The fraction of sp³-hybridized carbons (Fsp3) is 0.655. The monoisotopic (exact) mass is 532 g/mol. The second-order valence-corrected chi connectivity index (χ2v) is 11.4. The molecule has 0 aliphatic rings. The van der Waals surface area contributed by atoms with Crippen molar-refractivity contribution in [2.45, 2.75) is 118 Å². The number of primary amides is 1. The van der Waals surface area contributed by atoms with E-state index < -0.39 is 47.6 Å². The standard InChI is InChI=1S/C29H48N4O5/c1-10-12-13-17-31-25(35)24(23-19(3)15-14-16-20(23)4)33(29(8,9)11-2)26(36)21(18-22(30)34)32-27(37)38-28(5,6)7/h14-16,21,24H,10-13,17-18H2,1-9H3,(H2,30,34)(H,31,35)(H,32,37). The lowest BCUT2D eigenvalue weighted by atomic mass is 9.88. The summed E-state index contributed by atoms with van der Waals surface area (Å²) < 4.78 is 5.35. The van der Waals surface area contributed by atoms with Crippen LogP contribution in [-0.2, 0) is 19.1 Å². The molecule has 38 heavy (non-hydrogen) atoms. The molecule has 4 N–H and O–H groups in total. The van der Waals surface area contributed by atoms with Gasteiger partial charge in [-0.3, -0.25) is 14.4 Å². The van der Waals surface area contributed by atoms with Gasteiger partial charge in [-0.05, 0) is 78.0 Å². The molecule has 214 valence electrons. The summed E-state index contributed by atoms with van der Waals surface area (Å²) in [5, 5.41) is 5.55. The number of carbonyl (C=O) groups excluding carboxylic acids is 4. The maximum Gasteiger partial charge on any atom is 0.408 e. The van der Waals surface area contributed by atoms with Crippen LogP contribution >= 0.6 is 0 Å². The van der Waals surface area contributed by atoms with Crippen molar-refractivity contribution in [3.05, 3.63) is 34.9 Å². The molecule has 0 bridgehead atoms. The van der Waals surface area contributed by atoms with Gasteiger partial charge in [-0.25, -0.2) is 4.79 Å². The van der Waals surface area contributed by atoms with Gasteiger partial charge in [-0.15, -0.1) is 0 Å². The normalized spacial score (nSPS) is 13.3. The molecule has 0 aromatic heterocycles. The van der Waals surface area contributed by atoms with Gasteiger partial charge in [0.1, 0.15) is 17.7 Å². The molecular formula is C29H48N4O5. The van der Waals surface area contributed by atoms with Crippen LogP contribution in [0.2, 0.25) is 0 Å². The van der Waals surface area contributed by atoms with E-state index in [2.05, 4.69) is 17.6 Å². The molecule has 1 rings (SSSR count). The average Bonchev–Trinajstić information content (AvgIpc) is 2.78. The first-order valence-electron chi connectivity index (χ1n) is 13.5. The molecule has 9 nitrogen and oxygen atoms in total. The largest absolute Gasteiger partial charge is 0.444 e. The minimum atomic E-state index is -1.31. The third kappa shape index (κ3) is 9.65. The van der Waals surface area contributed by atoms with E-state index in [4.69, 9.17) is 10.5 Å². The summed E-state index contributed by atoms with van der Waals surface area (Å²) in [6.45, 7) is 17.1. The molecule has 0 heterocycles. The molecule has 1 aromatic rings. The quantitative estimate of drug-likeness (QED) is 0.323. The van der Waals surface area contributed by atoms with E-state index in [-0.39, 0.29) is 5.91 Å². The van der Waals surface area contributed by atoms with Crippen LogP contribution in [0, 0.1) is 13.8 Å². The Hall–Kier alpha value is -3.10. The van der Waals surface area contributed by atoms with Crippen molar-refractivity contribution in [1.29, 1.82) is 0 Å². The third-order valence-corrected chi connectivity index (χ3v) is 6.55. The summed E-state index contributed by atoms with van der Waals surface area (Å²) in [6.07, 6.45) is 2.02. The lowest BCUT2D eigenvalue weighted by Crippen LogP contribution is -2.60. The third-order valence-electron chi connectivity index (χ3n) is 6.55. The number of benzene rings is 1. The number of alkyl carbamates (subject to hydrolysis) is 1. The highest BCUT2D eigenvalue weighted by Crippen LogP contribution is 2.35. The van der Waals surface area contributed by atoms with E-state index in [1.807, 2.05) is 52.8 Å². The lowest BCUT2D eigenvalue weighted by molar-refractivity contribution is -0.150. The first-order valence-corrected chi connectivity index (χ1v) is 13.5. The minimum Gasteiger partial charge on any atom is -0.444 e. The zero-order valence-electron chi connectivity index (χ0n) is 24.7. The SMILES string of the molecule is CCCCCNC(=O)C(c1c(C)cccc1C)N(C(=O)C(CC(N)=O)NC(=O)OC(C)(C)C)C(C)(C)CC. The van der Waals surface area contributed by atoms with E-state index in [1.54, 1.807) is 20.8 Å². The summed E-state index contributed by atoms with van der Waals surface area (Å²) in [7, 11) is 0. The summed E-state index contributed by atoms with van der Waals surface area (Å²) in [5.74, 6) is -1.66. The molecule has 0 aliphatic carbocycles. The fourth-order valence-electron chi connectivity index (χ4n) is 4.28. The maximum atomic E-state index is 14.3. The topological polar surface area (TPSA) is 131 Å². The number of aryl methyl sites for hydroxylation is 2. The van der Waals surface area contributed by atoms with Crippen LogP contribution in [-0.4, -0.2) is 52.4 Å². The van der Waals surface area contributed by atoms with Crippen LogP contribution < -0.4 is 16.4 Å². The van der Waals surface area contributed by atoms with Crippen molar-refractivity contribution in [1.82, 2.24) is 15.5 Å². The second kappa shape index (κ2) is 14.2.